The molecular formula is C20H24FNO3. The predicted molar refractivity (Wildman–Crippen MR) is 95.2 cm³/mol. The SMILES string of the molecule is CCOc1ccccc1OCCCC(=O)N(C)Cc1ccc(F)cc1. The summed E-state index contributed by atoms with van der Waals surface area (Å²) in [5.41, 5.74) is 0.902. The number of benzene rings is 2. The Morgan fingerprint density at radius 1 is 1.04 bits per heavy atom. The van der Waals surface area contributed by atoms with Gasteiger partial charge in [0.1, 0.15) is 5.82 Å². The second kappa shape index (κ2) is 9.67. The van der Waals surface area contributed by atoms with Crippen LogP contribution in [0.4, 0.5) is 4.39 Å². The van der Waals surface area contributed by atoms with Crippen molar-refractivity contribution in [3.8, 4) is 11.5 Å². The van der Waals surface area contributed by atoms with Crippen molar-refractivity contribution >= 4 is 5.91 Å². The van der Waals surface area contributed by atoms with Gasteiger partial charge in [-0.1, -0.05) is 24.3 Å². The van der Waals surface area contributed by atoms with Crippen LogP contribution < -0.4 is 9.47 Å². The van der Waals surface area contributed by atoms with Gasteiger partial charge in [-0.15, -0.1) is 0 Å². The van der Waals surface area contributed by atoms with E-state index in [2.05, 4.69) is 0 Å². The van der Waals surface area contributed by atoms with Crippen LogP contribution in [0.2, 0.25) is 0 Å². The zero-order chi connectivity index (χ0) is 18.1. The minimum absolute atomic E-state index is 0.0334. The molecule has 0 bridgehead atoms. The number of nitrogens with zero attached hydrogens (tertiary/aromatic N) is 1. The third-order valence-corrected chi connectivity index (χ3v) is 3.70. The summed E-state index contributed by atoms with van der Waals surface area (Å²) in [4.78, 5) is 13.8. The van der Waals surface area contributed by atoms with E-state index in [1.54, 1.807) is 24.1 Å². The largest absolute Gasteiger partial charge is 0.490 e. The summed E-state index contributed by atoms with van der Waals surface area (Å²) in [5.74, 6) is 1.16. The molecule has 5 heteroatoms. The molecule has 1 amide bonds. The summed E-state index contributed by atoms with van der Waals surface area (Å²) < 4.78 is 24.1. The average molecular weight is 345 g/mol. The van der Waals surface area contributed by atoms with Crippen molar-refractivity contribution in [1.29, 1.82) is 0 Å². The van der Waals surface area contributed by atoms with Crippen LogP contribution in [-0.4, -0.2) is 31.1 Å². The van der Waals surface area contributed by atoms with Crippen molar-refractivity contribution in [3.05, 3.63) is 59.9 Å². The summed E-state index contributed by atoms with van der Waals surface area (Å²) in [6, 6.07) is 13.7. The summed E-state index contributed by atoms with van der Waals surface area (Å²) in [5, 5.41) is 0. The standard InChI is InChI=1S/C20H24FNO3/c1-3-24-18-7-4-5-8-19(18)25-14-6-9-20(23)22(2)15-16-10-12-17(21)13-11-16/h4-5,7-8,10-13H,3,6,9,14-15H2,1-2H3. The van der Waals surface area contributed by atoms with Crippen LogP contribution in [0.25, 0.3) is 0 Å². The van der Waals surface area contributed by atoms with Gasteiger partial charge in [0.15, 0.2) is 11.5 Å². The van der Waals surface area contributed by atoms with Crippen LogP contribution in [0.1, 0.15) is 25.3 Å². The topological polar surface area (TPSA) is 38.8 Å². The third kappa shape index (κ3) is 6.10. The highest BCUT2D eigenvalue weighted by Gasteiger charge is 2.10. The molecule has 2 aromatic rings. The molecule has 0 fully saturated rings. The molecule has 0 aromatic heterocycles. The Kier molecular flexibility index (Phi) is 7.26. The lowest BCUT2D eigenvalue weighted by Crippen LogP contribution is -2.26. The van der Waals surface area contributed by atoms with E-state index < -0.39 is 0 Å². The summed E-state index contributed by atoms with van der Waals surface area (Å²) in [7, 11) is 1.75. The monoisotopic (exact) mass is 345 g/mol. The van der Waals surface area contributed by atoms with E-state index >= 15 is 0 Å². The van der Waals surface area contributed by atoms with Crippen molar-refractivity contribution in [2.24, 2.45) is 0 Å². The van der Waals surface area contributed by atoms with E-state index in [1.807, 2.05) is 31.2 Å². The molecule has 0 unspecified atom stereocenters. The van der Waals surface area contributed by atoms with Gasteiger partial charge in [0.25, 0.3) is 0 Å². The van der Waals surface area contributed by atoms with Crippen molar-refractivity contribution < 1.29 is 18.7 Å². The molecule has 0 aliphatic rings. The molecule has 25 heavy (non-hydrogen) atoms. The normalized spacial score (nSPS) is 10.4. The molecule has 0 saturated carbocycles. The molecule has 0 spiro atoms. The van der Waals surface area contributed by atoms with Gasteiger partial charge in [0, 0.05) is 20.0 Å². The highest BCUT2D eigenvalue weighted by Crippen LogP contribution is 2.26. The summed E-state index contributed by atoms with van der Waals surface area (Å²) in [6.45, 7) is 3.41. The molecule has 0 heterocycles. The molecular weight excluding hydrogens is 321 g/mol. The Hall–Kier alpha value is -2.56. The highest BCUT2D eigenvalue weighted by molar-refractivity contribution is 5.75. The van der Waals surface area contributed by atoms with Crippen LogP contribution >= 0.6 is 0 Å². The molecule has 0 radical (unpaired) electrons. The Bertz CT molecular complexity index is 673. The average Bonchev–Trinajstić information content (AvgIpc) is 2.62. The van der Waals surface area contributed by atoms with E-state index in [4.69, 9.17) is 9.47 Å². The highest BCUT2D eigenvalue weighted by atomic mass is 19.1. The lowest BCUT2D eigenvalue weighted by atomic mass is 10.2. The predicted octanol–water partition coefficient (Wildman–Crippen LogP) is 4.04. The Labute approximate surface area is 148 Å². The summed E-state index contributed by atoms with van der Waals surface area (Å²) >= 11 is 0. The minimum Gasteiger partial charge on any atom is -0.490 e. The van der Waals surface area contributed by atoms with Crippen LogP contribution in [-0.2, 0) is 11.3 Å². The first-order valence-corrected chi connectivity index (χ1v) is 8.43. The second-order valence-electron chi connectivity index (χ2n) is 5.71. The lowest BCUT2D eigenvalue weighted by Gasteiger charge is -2.17. The number of carbonyl (C=O) groups excluding carboxylic acids is 1. The smallest absolute Gasteiger partial charge is 0.222 e. The first-order valence-electron chi connectivity index (χ1n) is 8.43. The van der Waals surface area contributed by atoms with E-state index in [0.717, 1.165) is 5.56 Å². The van der Waals surface area contributed by atoms with Crippen molar-refractivity contribution in [2.45, 2.75) is 26.3 Å². The fourth-order valence-corrected chi connectivity index (χ4v) is 2.39. The molecule has 0 N–H and O–H groups in total. The van der Waals surface area contributed by atoms with E-state index in [1.165, 1.54) is 12.1 Å². The van der Waals surface area contributed by atoms with Gasteiger partial charge >= 0.3 is 0 Å². The van der Waals surface area contributed by atoms with Gasteiger partial charge in [-0.2, -0.15) is 0 Å². The van der Waals surface area contributed by atoms with Crippen molar-refractivity contribution in [1.82, 2.24) is 4.90 Å². The third-order valence-electron chi connectivity index (χ3n) is 3.70. The number of para-hydroxylation sites is 2. The van der Waals surface area contributed by atoms with Gasteiger partial charge in [-0.25, -0.2) is 4.39 Å². The van der Waals surface area contributed by atoms with Crippen LogP contribution in [0.15, 0.2) is 48.5 Å². The maximum absolute atomic E-state index is 12.9. The molecule has 0 aliphatic carbocycles. The van der Waals surface area contributed by atoms with Crippen molar-refractivity contribution in [2.75, 3.05) is 20.3 Å². The lowest BCUT2D eigenvalue weighted by molar-refractivity contribution is -0.130. The zero-order valence-corrected chi connectivity index (χ0v) is 14.7. The van der Waals surface area contributed by atoms with Crippen molar-refractivity contribution in [3.63, 3.8) is 0 Å². The maximum Gasteiger partial charge on any atom is 0.222 e. The molecule has 0 atom stereocenters. The van der Waals surface area contributed by atoms with Crippen LogP contribution in [0.3, 0.4) is 0 Å². The molecule has 0 saturated heterocycles. The van der Waals surface area contributed by atoms with Gasteiger partial charge in [0.05, 0.1) is 13.2 Å². The Morgan fingerprint density at radius 3 is 2.32 bits per heavy atom. The Morgan fingerprint density at radius 2 is 1.68 bits per heavy atom. The molecule has 4 nitrogen and oxygen atoms in total. The number of rotatable bonds is 9. The number of ether oxygens (including phenoxy) is 2. The number of hydrogen-bond donors (Lipinski definition) is 0. The van der Waals surface area contributed by atoms with Gasteiger partial charge in [-0.05, 0) is 43.2 Å². The first-order chi connectivity index (χ1) is 12.1. The first kappa shape index (κ1) is 18.8. The number of amides is 1. The summed E-state index contributed by atoms with van der Waals surface area (Å²) in [6.07, 6.45) is 1.02. The second-order valence-corrected chi connectivity index (χ2v) is 5.71. The number of hydrogen-bond acceptors (Lipinski definition) is 3. The fourth-order valence-electron chi connectivity index (χ4n) is 2.39. The van der Waals surface area contributed by atoms with Crippen LogP contribution in [0.5, 0.6) is 11.5 Å². The van der Waals surface area contributed by atoms with Gasteiger partial charge in [-0.3, -0.25) is 4.79 Å². The fraction of sp³-hybridized carbons (Fsp3) is 0.350. The number of halogens is 1. The Balaban J connectivity index is 1.74. The molecule has 134 valence electrons. The minimum atomic E-state index is -0.276. The van der Waals surface area contributed by atoms with Gasteiger partial charge < -0.3 is 14.4 Å². The van der Waals surface area contributed by atoms with E-state index in [-0.39, 0.29) is 11.7 Å². The van der Waals surface area contributed by atoms with Gasteiger partial charge in [0.2, 0.25) is 5.91 Å². The van der Waals surface area contributed by atoms with E-state index in [0.29, 0.717) is 44.1 Å². The molecule has 2 rings (SSSR count). The van der Waals surface area contributed by atoms with Crippen LogP contribution in [0, 0.1) is 5.82 Å². The quantitative estimate of drug-likeness (QED) is 0.644. The van der Waals surface area contributed by atoms with E-state index in [9.17, 15) is 9.18 Å². The molecule has 2 aromatic carbocycles. The zero-order valence-electron chi connectivity index (χ0n) is 14.7. The molecule has 0 aliphatic heterocycles. The number of carbonyl (C=O) groups is 1. The maximum atomic E-state index is 12.9.